The molecule has 0 amide bonds. The molecule has 9 nitrogen and oxygen atoms in total. The first-order chi connectivity index (χ1) is 12.0. The van der Waals surface area contributed by atoms with Crippen LogP contribution in [-0.4, -0.2) is 92.9 Å². The third-order valence-corrected chi connectivity index (χ3v) is 2.56. The van der Waals surface area contributed by atoms with Gasteiger partial charge < -0.3 is 58.6 Å². The first-order valence-corrected chi connectivity index (χ1v) is 7.92. The fraction of sp³-hybridized carbons (Fsp3) is 0.750. The van der Waals surface area contributed by atoms with Crippen LogP contribution in [0.5, 0.6) is 0 Å². The Kier molecular flexibility index (Phi) is 34.4. The smallest absolute Gasteiger partial charge is 0.672 e. The molecule has 5 N–H and O–H groups in total. The minimum atomic E-state index is -0.951. The Morgan fingerprint density at radius 1 is 1.07 bits per heavy atom. The van der Waals surface area contributed by atoms with Gasteiger partial charge in [0.05, 0.1) is 39.6 Å². The van der Waals surface area contributed by atoms with Gasteiger partial charge in [0, 0.05) is 12.6 Å². The summed E-state index contributed by atoms with van der Waals surface area (Å²) in [7, 11) is 0. The van der Waals surface area contributed by atoms with Crippen molar-refractivity contribution in [1.29, 1.82) is 0 Å². The molecule has 0 aliphatic carbocycles. The average Bonchev–Trinajstić information content (AvgIpc) is 2.60. The fourth-order valence-corrected chi connectivity index (χ4v) is 1.28. The second-order valence-corrected chi connectivity index (χ2v) is 4.68. The standard InChI is InChI=1S/C10H19NO5.C6H12O3.Es.U/c1-10(16-9-12)8-15-7-6-14-5-4-13-3-2-11;1-2-5(8)6(9)3-4-7;;/h10H,1-8,11H2;3,5-9H,1-2,4H2;;/q2*-2;;+2. The van der Waals surface area contributed by atoms with E-state index in [0.717, 1.165) is 0 Å². The Morgan fingerprint density at radius 3 is 2.04 bits per heavy atom. The van der Waals surface area contributed by atoms with Gasteiger partial charge in [0.25, 0.3) is 0 Å². The fourth-order valence-electron chi connectivity index (χ4n) is 1.28. The number of ether oxygens (including phenoxy) is 4. The van der Waals surface area contributed by atoms with E-state index in [0.29, 0.717) is 39.6 Å². The maximum atomic E-state index is 9.79. The van der Waals surface area contributed by atoms with Crippen molar-refractivity contribution in [2.75, 3.05) is 52.8 Å². The van der Waals surface area contributed by atoms with E-state index in [1.165, 1.54) is 12.9 Å². The molecule has 0 aliphatic heterocycles. The van der Waals surface area contributed by atoms with Crippen LogP contribution in [-0.2, 0) is 23.7 Å². The van der Waals surface area contributed by atoms with Gasteiger partial charge in [-0.15, -0.1) is 0 Å². The zero-order valence-corrected chi connectivity index (χ0v) is 22.0. The first-order valence-electron chi connectivity index (χ1n) is 7.92. The average molecular weight is 855 g/mol. The van der Waals surface area contributed by atoms with Crippen LogP contribution < -0.4 is 5.73 Å². The molecule has 11 heteroatoms. The Hall–Kier alpha value is -0.758. The predicted octanol–water partition coefficient (Wildman–Crippen LogP) is -1.59. The summed E-state index contributed by atoms with van der Waals surface area (Å²) in [5.41, 5.74) is 5.23. The number of rotatable bonds is 16. The third-order valence-electron chi connectivity index (χ3n) is 2.56. The zero-order chi connectivity index (χ0) is 19.3. The molecule has 165 valence electrons. The van der Waals surface area contributed by atoms with Gasteiger partial charge in [-0.2, -0.15) is 6.42 Å². The van der Waals surface area contributed by atoms with E-state index in [2.05, 4.69) is 18.6 Å². The maximum absolute atomic E-state index is 9.79. The van der Waals surface area contributed by atoms with E-state index in [1.807, 2.05) is 0 Å². The van der Waals surface area contributed by atoms with Crippen LogP contribution in [0.1, 0.15) is 6.42 Å². The van der Waals surface area contributed by atoms with Crippen molar-refractivity contribution >= 4 is 6.47 Å². The summed E-state index contributed by atoms with van der Waals surface area (Å²) in [5.74, 6) is 0. The molecule has 0 rings (SSSR count). The minimum Gasteiger partial charge on any atom is -0.672 e. The van der Waals surface area contributed by atoms with Crippen molar-refractivity contribution in [2.24, 2.45) is 5.73 Å². The minimum absolute atomic E-state index is 0. The SMILES string of the molecule is [CH2-]C(COCCOCCOCCN)O[C-]=O.[CH2-]CC(O)C(O)[CH-]CO.[Es].[U+2]. The van der Waals surface area contributed by atoms with Crippen LogP contribution in [0.3, 0.4) is 0 Å². The topological polar surface area (TPSA) is 141 Å². The zero-order valence-electron chi connectivity index (χ0n) is 15.3. The molecule has 27 heavy (non-hydrogen) atoms. The molecule has 0 spiro atoms. The molecule has 0 heterocycles. The van der Waals surface area contributed by atoms with E-state index < -0.39 is 18.3 Å². The number of nitrogens with two attached hydrogens (primary N) is 1. The summed E-state index contributed by atoms with van der Waals surface area (Å²) in [6.45, 7) is 11.2. The molecule has 3 unspecified atom stereocenters. The molecule has 1 radical (unpaired) electrons. The van der Waals surface area contributed by atoms with Crippen LogP contribution in [0.25, 0.3) is 0 Å². The number of aliphatic hydroxyl groups excluding tert-OH is 3. The molecule has 0 saturated heterocycles. The van der Waals surface area contributed by atoms with Gasteiger partial charge in [-0.3, -0.25) is 6.42 Å². The van der Waals surface area contributed by atoms with Gasteiger partial charge in [0.15, 0.2) is 0 Å². The second-order valence-electron chi connectivity index (χ2n) is 4.68. The van der Waals surface area contributed by atoms with E-state index >= 15 is 0 Å². The Bertz CT molecular complexity index is 283. The Balaban J connectivity index is -0.000000208. The van der Waals surface area contributed by atoms with Gasteiger partial charge in [0.1, 0.15) is 0 Å². The molecule has 0 fully saturated rings. The maximum Gasteiger partial charge on any atom is 2.00 e. The molecule has 0 aromatic heterocycles. The van der Waals surface area contributed by atoms with Crippen LogP contribution >= 0.6 is 0 Å². The number of carbonyl (C=O) groups excluding carboxylic acids is 1. The van der Waals surface area contributed by atoms with Crippen LogP contribution in [0, 0.1) is 51.4 Å². The summed E-state index contributed by atoms with van der Waals surface area (Å²) in [4.78, 5) is 9.79. The van der Waals surface area contributed by atoms with Crippen molar-refractivity contribution in [3.05, 3.63) is 20.3 Å². The van der Waals surface area contributed by atoms with Gasteiger partial charge in [-0.25, -0.2) is 0 Å². The van der Waals surface area contributed by atoms with Crippen LogP contribution in [0.15, 0.2) is 0 Å². The summed E-state index contributed by atoms with van der Waals surface area (Å²) >= 11 is 0. The number of aliphatic hydroxyl groups is 3. The van der Waals surface area contributed by atoms with Gasteiger partial charge in [-0.1, -0.05) is 13.1 Å². The molecule has 3 atom stereocenters. The van der Waals surface area contributed by atoms with Crippen molar-refractivity contribution < 1.29 is 70.2 Å². The van der Waals surface area contributed by atoms with E-state index in [4.69, 9.17) is 35.3 Å². The second kappa shape index (κ2) is 27.5. The molecule has 0 aromatic carbocycles. The quantitative estimate of drug-likeness (QED) is 0.107. The predicted molar refractivity (Wildman–Crippen MR) is 90.8 cm³/mol. The molecule has 0 saturated carbocycles. The number of hydrogen-bond donors (Lipinski definition) is 4. The van der Waals surface area contributed by atoms with E-state index in [1.54, 1.807) is 0 Å². The van der Waals surface area contributed by atoms with Crippen molar-refractivity contribution in [3.8, 4) is 0 Å². The Morgan fingerprint density at radius 2 is 1.59 bits per heavy atom. The largest absolute Gasteiger partial charge is 2.00 e. The van der Waals surface area contributed by atoms with Crippen molar-refractivity contribution in [1.82, 2.24) is 0 Å². The molecular formula is C16H31EsNO8U-2. The molecule has 0 aromatic rings. The first kappa shape index (κ1) is 33.8. The summed E-state index contributed by atoms with van der Waals surface area (Å²) in [6, 6.07) is 0. The monoisotopic (exact) mass is 855 g/mol. The van der Waals surface area contributed by atoms with Crippen molar-refractivity contribution in [3.63, 3.8) is 0 Å². The summed E-state index contributed by atoms with van der Waals surface area (Å²) in [5, 5.41) is 25.8. The van der Waals surface area contributed by atoms with E-state index in [-0.39, 0.29) is 50.7 Å². The molecule has 0 bridgehead atoms. The Labute approximate surface area is 179 Å². The van der Waals surface area contributed by atoms with Gasteiger partial charge >= 0.3 is 31.1 Å². The summed E-state index contributed by atoms with van der Waals surface area (Å²) < 4.78 is 19.8. The third kappa shape index (κ3) is 27.6. The molecule has 0 aliphatic rings. The van der Waals surface area contributed by atoms with Crippen molar-refractivity contribution in [2.45, 2.75) is 24.7 Å². The van der Waals surface area contributed by atoms with Gasteiger partial charge in [0.2, 0.25) is 0 Å². The van der Waals surface area contributed by atoms with E-state index in [9.17, 15) is 4.79 Å². The molecular weight excluding hydrogens is 824 g/mol. The number of hydrogen-bond acceptors (Lipinski definition) is 9. The van der Waals surface area contributed by atoms with Gasteiger partial charge in [-0.05, 0) is 12.2 Å². The van der Waals surface area contributed by atoms with Crippen LogP contribution in [0.4, 0.5) is 0 Å². The van der Waals surface area contributed by atoms with Crippen LogP contribution in [0.2, 0.25) is 0 Å². The summed E-state index contributed by atoms with van der Waals surface area (Å²) in [6.07, 6.45) is -0.858. The normalized spacial score (nSPS) is 13.1.